The topological polar surface area (TPSA) is 54.8 Å². The molecular formula is C31H38FN3O3. The van der Waals surface area contributed by atoms with E-state index in [0.717, 1.165) is 79.5 Å². The number of benzene rings is 2. The molecule has 1 unspecified atom stereocenters. The van der Waals surface area contributed by atoms with E-state index < -0.39 is 0 Å². The molecule has 5 rings (SSSR count). The Hall–Kier alpha value is -3.03. The number of aryl methyl sites for hydroxylation is 1. The van der Waals surface area contributed by atoms with Crippen LogP contribution in [0.4, 0.5) is 4.39 Å². The van der Waals surface area contributed by atoms with Crippen molar-refractivity contribution in [3.63, 3.8) is 0 Å². The number of nitrogens with zero attached hydrogens (tertiary/aromatic N) is 3. The maximum Gasteiger partial charge on any atom is 0.310 e. The van der Waals surface area contributed by atoms with Crippen LogP contribution in [0.5, 0.6) is 0 Å². The second kappa shape index (κ2) is 11.8. The zero-order valence-electron chi connectivity index (χ0n) is 22.5. The van der Waals surface area contributed by atoms with Crippen LogP contribution in [0.1, 0.15) is 49.3 Å². The quantitative estimate of drug-likeness (QED) is 0.422. The Morgan fingerprint density at radius 1 is 1.03 bits per heavy atom. The molecule has 0 bridgehead atoms. The second-order valence-electron chi connectivity index (χ2n) is 10.8. The number of hydrogen-bond donors (Lipinski definition) is 0. The van der Waals surface area contributed by atoms with Crippen LogP contribution in [-0.4, -0.2) is 59.2 Å². The number of aromatic nitrogens is 1. The standard InChI is InChI=1S/C31H38FN3O3/c1-3-38-31(37)24-7-5-13-34(21-24)28-11-14-33(15-12-28)20-26-18-25-16-22(2)9-10-29(25)35(30(26)36)19-23-6-4-8-27(32)17-23/h4,6,8-10,16-18,24,28H,3,5,7,11-15,19-21H2,1-2H3. The molecule has 0 spiro atoms. The summed E-state index contributed by atoms with van der Waals surface area (Å²) in [4.78, 5) is 30.8. The van der Waals surface area contributed by atoms with E-state index in [9.17, 15) is 14.0 Å². The first-order valence-electron chi connectivity index (χ1n) is 13.9. The number of carbonyl (C=O) groups is 1. The highest BCUT2D eigenvalue weighted by Gasteiger charge is 2.32. The highest BCUT2D eigenvalue weighted by molar-refractivity contribution is 5.80. The Bertz CT molecular complexity index is 1350. The van der Waals surface area contributed by atoms with Gasteiger partial charge in [0, 0.05) is 24.7 Å². The number of hydrogen-bond acceptors (Lipinski definition) is 5. The summed E-state index contributed by atoms with van der Waals surface area (Å²) in [6, 6.07) is 15.1. The molecule has 2 aromatic carbocycles. The number of halogens is 1. The maximum absolute atomic E-state index is 13.9. The smallest absolute Gasteiger partial charge is 0.310 e. The molecular weight excluding hydrogens is 481 g/mol. The van der Waals surface area contributed by atoms with E-state index in [0.29, 0.717) is 25.7 Å². The van der Waals surface area contributed by atoms with E-state index in [4.69, 9.17) is 4.74 Å². The molecule has 38 heavy (non-hydrogen) atoms. The third-order valence-corrected chi connectivity index (χ3v) is 8.09. The van der Waals surface area contributed by atoms with Crippen molar-refractivity contribution in [1.29, 1.82) is 0 Å². The highest BCUT2D eigenvalue weighted by atomic mass is 19.1. The number of fused-ring (bicyclic) bond motifs is 1. The fourth-order valence-electron chi connectivity index (χ4n) is 6.13. The lowest BCUT2D eigenvalue weighted by atomic mass is 9.94. The summed E-state index contributed by atoms with van der Waals surface area (Å²) >= 11 is 0. The van der Waals surface area contributed by atoms with Crippen molar-refractivity contribution in [2.45, 2.75) is 58.7 Å². The molecule has 1 aromatic heterocycles. The van der Waals surface area contributed by atoms with Gasteiger partial charge in [0.25, 0.3) is 5.56 Å². The number of ether oxygens (including phenoxy) is 1. The molecule has 3 heterocycles. The maximum atomic E-state index is 13.9. The SMILES string of the molecule is CCOC(=O)C1CCCN(C2CCN(Cc3cc4cc(C)ccc4n(Cc4cccc(F)c4)c3=O)CC2)C1. The van der Waals surface area contributed by atoms with E-state index in [-0.39, 0.29) is 23.3 Å². The predicted octanol–water partition coefficient (Wildman–Crippen LogP) is 4.74. The molecule has 7 heteroatoms. The summed E-state index contributed by atoms with van der Waals surface area (Å²) in [7, 11) is 0. The normalized spacial score (nSPS) is 19.6. The minimum absolute atomic E-state index is 0.0129. The third kappa shape index (κ3) is 6.00. The Balaban J connectivity index is 1.30. The van der Waals surface area contributed by atoms with Gasteiger partial charge >= 0.3 is 5.97 Å². The zero-order valence-corrected chi connectivity index (χ0v) is 22.5. The molecule has 2 aliphatic heterocycles. The molecule has 2 fully saturated rings. The van der Waals surface area contributed by atoms with Gasteiger partial charge in [-0.15, -0.1) is 0 Å². The van der Waals surface area contributed by atoms with Crippen molar-refractivity contribution >= 4 is 16.9 Å². The lowest BCUT2D eigenvalue weighted by Crippen LogP contribution is -2.49. The predicted molar refractivity (Wildman–Crippen MR) is 148 cm³/mol. The van der Waals surface area contributed by atoms with Gasteiger partial charge in [-0.05, 0) is 100 Å². The number of likely N-dealkylation sites (tertiary alicyclic amines) is 2. The Morgan fingerprint density at radius 3 is 2.61 bits per heavy atom. The first kappa shape index (κ1) is 26.6. The number of pyridine rings is 1. The van der Waals surface area contributed by atoms with Crippen LogP contribution < -0.4 is 5.56 Å². The van der Waals surface area contributed by atoms with Crippen LogP contribution in [0.25, 0.3) is 10.9 Å². The van der Waals surface area contributed by atoms with Crippen LogP contribution in [0.2, 0.25) is 0 Å². The third-order valence-electron chi connectivity index (χ3n) is 8.09. The minimum Gasteiger partial charge on any atom is -0.466 e. The largest absolute Gasteiger partial charge is 0.466 e. The van der Waals surface area contributed by atoms with Crippen LogP contribution >= 0.6 is 0 Å². The molecule has 0 amide bonds. The fourth-order valence-corrected chi connectivity index (χ4v) is 6.13. The first-order valence-corrected chi connectivity index (χ1v) is 13.9. The summed E-state index contributed by atoms with van der Waals surface area (Å²) in [5, 5.41) is 1.03. The number of esters is 1. The van der Waals surface area contributed by atoms with Gasteiger partial charge < -0.3 is 9.30 Å². The van der Waals surface area contributed by atoms with Crippen LogP contribution in [0.15, 0.2) is 53.3 Å². The molecule has 0 aliphatic carbocycles. The van der Waals surface area contributed by atoms with E-state index in [1.807, 2.05) is 31.2 Å². The molecule has 0 radical (unpaired) electrons. The summed E-state index contributed by atoms with van der Waals surface area (Å²) < 4.78 is 20.9. The first-order chi connectivity index (χ1) is 18.4. The lowest BCUT2D eigenvalue weighted by molar-refractivity contribution is -0.150. The van der Waals surface area contributed by atoms with Crippen molar-refractivity contribution in [2.75, 3.05) is 32.8 Å². The number of carbonyl (C=O) groups excluding carboxylic acids is 1. The van der Waals surface area contributed by atoms with Gasteiger partial charge in [0.1, 0.15) is 5.82 Å². The van der Waals surface area contributed by atoms with Gasteiger partial charge in [-0.3, -0.25) is 19.4 Å². The van der Waals surface area contributed by atoms with E-state index >= 15 is 0 Å². The Kier molecular flexibility index (Phi) is 8.24. The fraction of sp³-hybridized carbons (Fsp3) is 0.484. The molecule has 1 atom stereocenters. The van der Waals surface area contributed by atoms with Crippen LogP contribution in [-0.2, 0) is 22.6 Å². The number of piperidine rings is 2. The molecule has 202 valence electrons. The zero-order chi connectivity index (χ0) is 26.6. The average molecular weight is 520 g/mol. The van der Waals surface area contributed by atoms with Gasteiger partial charge in [0.05, 0.1) is 24.6 Å². The average Bonchev–Trinajstić information content (AvgIpc) is 2.91. The molecule has 2 saturated heterocycles. The van der Waals surface area contributed by atoms with E-state index in [2.05, 4.69) is 22.8 Å². The summed E-state index contributed by atoms with van der Waals surface area (Å²) in [6.45, 7) is 8.95. The van der Waals surface area contributed by atoms with Crippen LogP contribution in [0, 0.1) is 18.7 Å². The van der Waals surface area contributed by atoms with Crippen molar-refractivity contribution in [3.05, 3.63) is 81.4 Å². The molecule has 2 aliphatic rings. The van der Waals surface area contributed by atoms with Crippen molar-refractivity contribution in [2.24, 2.45) is 5.92 Å². The van der Waals surface area contributed by atoms with Crippen molar-refractivity contribution in [3.8, 4) is 0 Å². The van der Waals surface area contributed by atoms with Gasteiger partial charge in [0.15, 0.2) is 0 Å². The van der Waals surface area contributed by atoms with Crippen LogP contribution in [0.3, 0.4) is 0 Å². The minimum atomic E-state index is -0.294. The molecule has 0 saturated carbocycles. The monoisotopic (exact) mass is 519 g/mol. The number of rotatable bonds is 7. The summed E-state index contributed by atoms with van der Waals surface area (Å²) in [5.74, 6) is -0.368. The highest BCUT2D eigenvalue weighted by Crippen LogP contribution is 2.26. The molecule has 6 nitrogen and oxygen atoms in total. The Labute approximate surface area is 224 Å². The van der Waals surface area contributed by atoms with Crippen molar-refractivity contribution in [1.82, 2.24) is 14.4 Å². The molecule has 0 N–H and O–H groups in total. The molecule has 3 aromatic rings. The van der Waals surface area contributed by atoms with Gasteiger partial charge in [-0.1, -0.05) is 23.8 Å². The van der Waals surface area contributed by atoms with Gasteiger partial charge in [-0.2, -0.15) is 0 Å². The van der Waals surface area contributed by atoms with Gasteiger partial charge in [0.2, 0.25) is 0 Å². The summed E-state index contributed by atoms with van der Waals surface area (Å²) in [6.07, 6.45) is 4.00. The lowest BCUT2D eigenvalue weighted by Gasteiger charge is -2.41. The van der Waals surface area contributed by atoms with Gasteiger partial charge in [-0.25, -0.2) is 4.39 Å². The summed E-state index contributed by atoms with van der Waals surface area (Å²) in [5.41, 5.74) is 3.55. The van der Waals surface area contributed by atoms with Crippen molar-refractivity contribution < 1.29 is 13.9 Å². The Morgan fingerprint density at radius 2 is 1.84 bits per heavy atom. The van der Waals surface area contributed by atoms with E-state index in [1.165, 1.54) is 12.1 Å². The van der Waals surface area contributed by atoms with E-state index in [1.54, 1.807) is 10.6 Å². The second-order valence-corrected chi connectivity index (χ2v) is 10.8.